The SMILES string of the molecule is N#C/C(=C\c1sc(/C=N/N(c2ccccc2)c2ccccc2)c2c1OCCO2)C(=O)O. The van der Waals surface area contributed by atoms with Crippen molar-refractivity contribution in [1.82, 2.24) is 0 Å². The summed E-state index contributed by atoms with van der Waals surface area (Å²) in [6.07, 6.45) is 2.95. The van der Waals surface area contributed by atoms with Gasteiger partial charge in [-0.1, -0.05) is 36.4 Å². The van der Waals surface area contributed by atoms with Gasteiger partial charge in [-0.3, -0.25) is 0 Å². The molecular formula is C23H17N3O4S. The maximum atomic E-state index is 11.2. The Labute approximate surface area is 182 Å². The van der Waals surface area contributed by atoms with Crippen LogP contribution in [0.4, 0.5) is 11.4 Å². The summed E-state index contributed by atoms with van der Waals surface area (Å²) in [4.78, 5) is 12.4. The molecule has 0 amide bonds. The maximum absolute atomic E-state index is 11.2. The third-order valence-corrected chi connectivity index (χ3v) is 5.40. The van der Waals surface area contributed by atoms with E-state index < -0.39 is 5.97 Å². The molecule has 0 saturated carbocycles. The number of ether oxygens (including phenoxy) is 2. The number of fused-ring (bicyclic) bond motifs is 1. The first kappa shape index (κ1) is 20.2. The minimum atomic E-state index is -1.30. The molecule has 0 aliphatic carbocycles. The minimum absolute atomic E-state index is 0.344. The van der Waals surface area contributed by atoms with Crippen LogP contribution < -0.4 is 14.5 Å². The van der Waals surface area contributed by atoms with Crippen molar-refractivity contribution < 1.29 is 19.4 Å². The van der Waals surface area contributed by atoms with E-state index in [2.05, 4.69) is 5.10 Å². The van der Waals surface area contributed by atoms with Gasteiger partial charge in [0.25, 0.3) is 0 Å². The molecule has 1 aromatic heterocycles. The van der Waals surface area contributed by atoms with Crippen LogP contribution in [-0.2, 0) is 4.79 Å². The zero-order valence-electron chi connectivity index (χ0n) is 16.3. The molecule has 1 aliphatic rings. The molecule has 0 spiro atoms. The second kappa shape index (κ2) is 9.15. The van der Waals surface area contributed by atoms with Crippen molar-refractivity contribution in [3.8, 4) is 17.6 Å². The highest BCUT2D eigenvalue weighted by molar-refractivity contribution is 7.15. The van der Waals surface area contributed by atoms with Gasteiger partial charge in [0.05, 0.1) is 27.3 Å². The predicted molar refractivity (Wildman–Crippen MR) is 119 cm³/mol. The number of para-hydroxylation sites is 2. The number of anilines is 2. The van der Waals surface area contributed by atoms with Gasteiger partial charge >= 0.3 is 5.97 Å². The smallest absolute Gasteiger partial charge is 0.346 e. The summed E-state index contributed by atoms with van der Waals surface area (Å²) in [7, 11) is 0. The molecule has 1 N–H and O–H groups in total. The Balaban J connectivity index is 1.75. The van der Waals surface area contributed by atoms with Crippen LogP contribution in [-0.4, -0.2) is 30.5 Å². The van der Waals surface area contributed by atoms with Crippen LogP contribution >= 0.6 is 11.3 Å². The third kappa shape index (κ3) is 4.42. The lowest BCUT2D eigenvalue weighted by Gasteiger charge is -2.19. The first-order valence-electron chi connectivity index (χ1n) is 9.39. The number of nitrogens with zero attached hydrogens (tertiary/aromatic N) is 3. The normalized spacial score (nSPS) is 13.1. The number of hydrogen-bond donors (Lipinski definition) is 1. The molecule has 3 aromatic rings. The van der Waals surface area contributed by atoms with Crippen LogP contribution in [0.1, 0.15) is 9.75 Å². The third-order valence-electron chi connectivity index (χ3n) is 4.37. The lowest BCUT2D eigenvalue weighted by atomic mass is 10.2. The van der Waals surface area contributed by atoms with Crippen LogP contribution in [0, 0.1) is 11.3 Å². The Kier molecular flexibility index (Phi) is 5.96. The maximum Gasteiger partial charge on any atom is 0.346 e. The summed E-state index contributed by atoms with van der Waals surface area (Å²) in [5.41, 5.74) is 1.38. The van der Waals surface area contributed by atoms with Gasteiger partial charge in [-0.05, 0) is 30.3 Å². The van der Waals surface area contributed by atoms with Crippen LogP contribution in [0.25, 0.3) is 6.08 Å². The molecule has 154 valence electrons. The van der Waals surface area contributed by atoms with Crippen molar-refractivity contribution in [1.29, 1.82) is 5.26 Å². The van der Waals surface area contributed by atoms with Crippen molar-refractivity contribution in [2.24, 2.45) is 5.10 Å². The van der Waals surface area contributed by atoms with Gasteiger partial charge in [0.15, 0.2) is 11.5 Å². The number of carboxylic acids is 1. The van der Waals surface area contributed by atoms with Gasteiger partial charge in [0, 0.05) is 0 Å². The number of hydrazone groups is 1. The summed E-state index contributed by atoms with van der Waals surface area (Å²) in [5, 5.41) is 24.7. The van der Waals surface area contributed by atoms with E-state index in [0.29, 0.717) is 34.5 Å². The number of carbonyl (C=O) groups is 1. The van der Waals surface area contributed by atoms with Gasteiger partial charge in [0.1, 0.15) is 24.9 Å². The lowest BCUT2D eigenvalue weighted by Crippen LogP contribution is -2.15. The molecule has 4 rings (SSSR count). The van der Waals surface area contributed by atoms with E-state index in [1.54, 1.807) is 17.3 Å². The number of rotatable bonds is 6. The van der Waals surface area contributed by atoms with Crippen LogP contribution in [0.5, 0.6) is 11.5 Å². The standard InChI is InChI=1S/C23H17N3O4S/c24-14-16(23(27)28)13-19-21-22(30-12-11-29-21)20(31-19)15-25-26(17-7-3-1-4-8-17)18-9-5-2-6-10-18/h1-10,13,15H,11-12H2,(H,27,28)/b16-13+,25-15+. The van der Waals surface area contributed by atoms with E-state index in [4.69, 9.17) is 14.7 Å². The fraction of sp³-hybridized carbons (Fsp3) is 0.0870. The summed E-state index contributed by atoms with van der Waals surface area (Å²) < 4.78 is 11.5. The molecular weight excluding hydrogens is 414 g/mol. The van der Waals surface area contributed by atoms with E-state index in [9.17, 15) is 9.90 Å². The first-order valence-corrected chi connectivity index (χ1v) is 10.2. The molecule has 0 saturated heterocycles. The van der Waals surface area contributed by atoms with Gasteiger partial charge in [0.2, 0.25) is 0 Å². The summed E-state index contributed by atoms with van der Waals surface area (Å²) in [6, 6.07) is 21.1. The Morgan fingerprint density at radius 2 is 1.55 bits per heavy atom. The number of thiophene rings is 1. The molecule has 7 nitrogen and oxygen atoms in total. The van der Waals surface area contributed by atoms with Crippen molar-refractivity contribution in [3.05, 3.63) is 76.0 Å². The van der Waals surface area contributed by atoms with Crippen molar-refractivity contribution in [2.75, 3.05) is 18.2 Å². The van der Waals surface area contributed by atoms with Crippen LogP contribution in [0.15, 0.2) is 71.3 Å². The highest BCUT2D eigenvalue weighted by Crippen LogP contribution is 2.44. The molecule has 0 unspecified atom stereocenters. The molecule has 1 aliphatic heterocycles. The molecule has 31 heavy (non-hydrogen) atoms. The molecule has 8 heteroatoms. The Hall–Kier alpha value is -4.09. The van der Waals surface area contributed by atoms with E-state index in [0.717, 1.165) is 11.4 Å². The molecule has 2 heterocycles. The van der Waals surface area contributed by atoms with Gasteiger partial charge in [-0.2, -0.15) is 10.4 Å². The number of carboxylic acid groups (broad SMARTS) is 1. The number of aliphatic carboxylic acids is 1. The Morgan fingerprint density at radius 1 is 1.00 bits per heavy atom. The second-order valence-electron chi connectivity index (χ2n) is 6.39. The fourth-order valence-corrected chi connectivity index (χ4v) is 3.98. The van der Waals surface area contributed by atoms with Gasteiger partial charge < -0.3 is 14.6 Å². The van der Waals surface area contributed by atoms with Crippen molar-refractivity contribution in [2.45, 2.75) is 0 Å². The second-order valence-corrected chi connectivity index (χ2v) is 7.47. The number of nitriles is 1. The average Bonchev–Trinajstić information content (AvgIpc) is 3.16. The summed E-state index contributed by atoms with van der Waals surface area (Å²) >= 11 is 1.25. The van der Waals surface area contributed by atoms with Crippen molar-refractivity contribution >= 4 is 41.0 Å². The predicted octanol–water partition coefficient (Wildman–Crippen LogP) is 4.68. The summed E-state index contributed by atoms with van der Waals surface area (Å²) in [5.74, 6) is -0.372. The van der Waals surface area contributed by atoms with Gasteiger partial charge in [-0.15, -0.1) is 11.3 Å². The highest BCUT2D eigenvalue weighted by atomic mass is 32.1. The topological polar surface area (TPSA) is 95.2 Å². The largest absolute Gasteiger partial charge is 0.485 e. The van der Waals surface area contributed by atoms with Gasteiger partial charge in [-0.25, -0.2) is 9.80 Å². The first-order chi connectivity index (χ1) is 15.2. The zero-order chi connectivity index (χ0) is 21.6. The van der Waals surface area contributed by atoms with Crippen molar-refractivity contribution in [3.63, 3.8) is 0 Å². The van der Waals surface area contributed by atoms with E-state index in [1.807, 2.05) is 60.7 Å². The monoisotopic (exact) mass is 431 g/mol. The zero-order valence-corrected chi connectivity index (χ0v) is 17.1. The Bertz CT molecular complexity index is 1140. The Morgan fingerprint density at radius 3 is 2.06 bits per heavy atom. The summed E-state index contributed by atoms with van der Waals surface area (Å²) in [6.45, 7) is 0.717. The molecule has 2 aromatic carbocycles. The molecule has 0 fully saturated rings. The average molecular weight is 431 g/mol. The van der Waals surface area contributed by atoms with Crippen LogP contribution in [0.3, 0.4) is 0 Å². The van der Waals surface area contributed by atoms with E-state index in [-0.39, 0.29) is 5.57 Å². The highest BCUT2D eigenvalue weighted by Gasteiger charge is 2.24. The van der Waals surface area contributed by atoms with E-state index in [1.165, 1.54) is 17.4 Å². The molecule has 0 atom stereocenters. The number of benzene rings is 2. The minimum Gasteiger partial charge on any atom is -0.485 e. The lowest BCUT2D eigenvalue weighted by molar-refractivity contribution is -0.132. The van der Waals surface area contributed by atoms with Crippen LogP contribution in [0.2, 0.25) is 0 Å². The quantitative estimate of drug-likeness (QED) is 0.263. The molecule has 0 bridgehead atoms. The fourth-order valence-electron chi connectivity index (χ4n) is 2.98. The molecule has 0 radical (unpaired) electrons. The van der Waals surface area contributed by atoms with E-state index >= 15 is 0 Å². The number of hydrogen-bond acceptors (Lipinski definition) is 7.